The molecular formula is C22H26N2O7S. The second-order valence-corrected chi connectivity index (χ2v) is 9.44. The van der Waals surface area contributed by atoms with Crippen LogP contribution in [0.3, 0.4) is 0 Å². The van der Waals surface area contributed by atoms with E-state index < -0.39 is 27.8 Å². The van der Waals surface area contributed by atoms with E-state index in [0.717, 1.165) is 80.1 Å². The average Bonchev–Trinajstić information content (AvgIpc) is 3.10. The lowest BCUT2D eigenvalue weighted by atomic mass is 9.97. The van der Waals surface area contributed by atoms with Gasteiger partial charge in [-0.3, -0.25) is 19.5 Å². The predicted octanol–water partition coefficient (Wildman–Crippen LogP) is 4.26. The molecule has 0 saturated heterocycles. The van der Waals surface area contributed by atoms with Crippen LogP contribution in [0.15, 0.2) is 23.0 Å². The smallest absolute Gasteiger partial charge is 0.341 e. The fourth-order valence-electron chi connectivity index (χ4n) is 4.51. The molecule has 0 aliphatic heterocycles. The first-order chi connectivity index (χ1) is 15.4. The summed E-state index contributed by atoms with van der Waals surface area (Å²) >= 11 is 0.753. The van der Waals surface area contributed by atoms with E-state index in [0.29, 0.717) is 4.70 Å². The van der Waals surface area contributed by atoms with Crippen LogP contribution in [0.4, 0.5) is 5.69 Å². The van der Waals surface area contributed by atoms with Gasteiger partial charge in [-0.1, -0.05) is 24.2 Å². The van der Waals surface area contributed by atoms with Gasteiger partial charge in [-0.05, 0) is 57.4 Å². The topological polar surface area (TPSA) is 118 Å². The lowest BCUT2D eigenvalue weighted by Gasteiger charge is -2.27. The van der Waals surface area contributed by atoms with Crippen molar-refractivity contribution in [3.63, 3.8) is 0 Å². The molecular weight excluding hydrogens is 436 g/mol. The summed E-state index contributed by atoms with van der Waals surface area (Å²) in [6.07, 6.45) is 8.25. The molecule has 2 aliphatic rings. The number of hydrogen-bond acceptors (Lipinski definition) is 8. The number of thiazole rings is 1. The number of nitro benzene ring substituents is 1. The Bertz CT molecular complexity index is 1030. The van der Waals surface area contributed by atoms with E-state index in [2.05, 4.69) is 0 Å². The summed E-state index contributed by atoms with van der Waals surface area (Å²) in [5.74, 6) is -1.62. The van der Waals surface area contributed by atoms with E-state index in [4.69, 9.17) is 9.47 Å². The van der Waals surface area contributed by atoms with Gasteiger partial charge in [0.05, 0.1) is 15.1 Å². The van der Waals surface area contributed by atoms with Gasteiger partial charge >= 0.3 is 16.8 Å². The number of esters is 2. The summed E-state index contributed by atoms with van der Waals surface area (Å²) in [5, 5.41) is 11.1. The van der Waals surface area contributed by atoms with E-state index in [1.54, 1.807) is 0 Å². The lowest BCUT2D eigenvalue weighted by molar-refractivity contribution is -0.384. The molecule has 0 bridgehead atoms. The van der Waals surface area contributed by atoms with Crippen LogP contribution in [0.25, 0.3) is 10.2 Å². The van der Waals surface area contributed by atoms with Crippen LogP contribution in [0.5, 0.6) is 0 Å². The van der Waals surface area contributed by atoms with Crippen molar-refractivity contribution in [2.24, 2.45) is 0 Å². The first kappa shape index (κ1) is 22.4. The molecule has 0 amide bonds. The van der Waals surface area contributed by atoms with E-state index in [-0.39, 0.29) is 23.4 Å². The fourth-order valence-corrected chi connectivity index (χ4v) is 5.45. The molecule has 0 radical (unpaired) electrons. The van der Waals surface area contributed by atoms with E-state index >= 15 is 0 Å². The summed E-state index contributed by atoms with van der Waals surface area (Å²) in [6, 6.07) is 2.34. The Labute approximate surface area is 188 Å². The Hall–Kier alpha value is -2.75. The number of non-ortho nitro benzene ring substituents is 1. The van der Waals surface area contributed by atoms with Crippen LogP contribution in [-0.4, -0.2) is 33.6 Å². The Balaban J connectivity index is 1.68. The third-order valence-corrected chi connectivity index (χ3v) is 7.10. The van der Waals surface area contributed by atoms with E-state index in [9.17, 15) is 24.5 Å². The SMILES string of the molecule is O=C(OC1CCCCC1)C(C(=O)OC1CCCCC1)n1c(=O)sc2cc([N+](=O)[O-])ccc21. The minimum absolute atomic E-state index is 0.169. The second-order valence-electron chi connectivity index (χ2n) is 8.44. The maximum atomic E-state index is 13.2. The Kier molecular flexibility index (Phi) is 6.88. The molecule has 10 heteroatoms. The van der Waals surface area contributed by atoms with Gasteiger partial charge in [0.1, 0.15) is 12.2 Å². The molecule has 0 spiro atoms. The van der Waals surface area contributed by atoms with Crippen molar-refractivity contribution in [1.29, 1.82) is 0 Å². The second kappa shape index (κ2) is 9.81. The molecule has 4 rings (SSSR count). The molecule has 32 heavy (non-hydrogen) atoms. The highest BCUT2D eigenvalue weighted by Crippen LogP contribution is 2.29. The molecule has 0 atom stereocenters. The van der Waals surface area contributed by atoms with Crippen molar-refractivity contribution in [2.45, 2.75) is 82.5 Å². The number of nitrogens with zero attached hydrogens (tertiary/aromatic N) is 2. The zero-order chi connectivity index (χ0) is 22.7. The summed E-state index contributed by atoms with van der Waals surface area (Å²) in [5.41, 5.74) is 0.105. The summed E-state index contributed by atoms with van der Waals surface area (Å²) in [6.45, 7) is 0. The van der Waals surface area contributed by atoms with Gasteiger partial charge in [-0.15, -0.1) is 0 Å². The van der Waals surface area contributed by atoms with Crippen molar-refractivity contribution in [2.75, 3.05) is 0 Å². The maximum Gasteiger partial charge on any atom is 0.341 e. The number of carbonyl (C=O) groups excluding carboxylic acids is 2. The van der Waals surface area contributed by atoms with E-state index in [1.807, 2.05) is 0 Å². The quantitative estimate of drug-likeness (QED) is 0.272. The van der Waals surface area contributed by atoms with Crippen LogP contribution < -0.4 is 4.87 Å². The van der Waals surface area contributed by atoms with Crippen LogP contribution in [0.2, 0.25) is 0 Å². The van der Waals surface area contributed by atoms with E-state index in [1.165, 1.54) is 18.2 Å². The number of aromatic nitrogens is 1. The normalized spacial score (nSPS) is 18.0. The van der Waals surface area contributed by atoms with Gasteiger partial charge in [0.15, 0.2) is 0 Å². The summed E-state index contributed by atoms with van der Waals surface area (Å²) < 4.78 is 12.7. The highest BCUT2D eigenvalue weighted by Gasteiger charge is 2.38. The standard InChI is InChI=1S/C22H26N2O7S/c25-20(30-15-7-3-1-4-8-15)19(21(26)31-16-9-5-2-6-10-16)23-17-12-11-14(24(28)29)13-18(17)32-22(23)27/h11-13,15-16,19H,1-10H2. The molecule has 2 aromatic rings. The zero-order valence-electron chi connectivity index (χ0n) is 17.7. The van der Waals surface area contributed by atoms with Gasteiger partial charge in [-0.25, -0.2) is 9.59 Å². The molecule has 9 nitrogen and oxygen atoms in total. The lowest BCUT2D eigenvalue weighted by Crippen LogP contribution is -2.39. The van der Waals surface area contributed by atoms with Gasteiger partial charge < -0.3 is 9.47 Å². The molecule has 1 aromatic heterocycles. The molecule has 2 aliphatic carbocycles. The van der Waals surface area contributed by atoms with Gasteiger partial charge in [-0.2, -0.15) is 0 Å². The highest BCUT2D eigenvalue weighted by atomic mass is 32.1. The number of nitro groups is 1. The van der Waals surface area contributed by atoms with Crippen molar-refractivity contribution in [3.8, 4) is 0 Å². The fraction of sp³-hybridized carbons (Fsp3) is 0.591. The Morgan fingerprint density at radius 1 is 0.969 bits per heavy atom. The zero-order valence-corrected chi connectivity index (χ0v) is 18.5. The number of hydrogen-bond donors (Lipinski definition) is 0. The molecule has 2 fully saturated rings. The molecule has 1 aromatic carbocycles. The van der Waals surface area contributed by atoms with Crippen molar-refractivity contribution in [1.82, 2.24) is 4.57 Å². The third-order valence-electron chi connectivity index (χ3n) is 6.18. The Morgan fingerprint density at radius 2 is 1.50 bits per heavy atom. The number of fused-ring (bicyclic) bond motifs is 1. The van der Waals surface area contributed by atoms with Crippen LogP contribution in [0, 0.1) is 10.1 Å². The minimum Gasteiger partial charge on any atom is -0.460 e. The van der Waals surface area contributed by atoms with Crippen LogP contribution in [0.1, 0.15) is 70.3 Å². The third kappa shape index (κ3) is 4.85. The largest absolute Gasteiger partial charge is 0.460 e. The molecule has 172 valence electrons. The number of carbonyl (C=O) groups is 2. The Morgan fingerprint density at radius 3 is 2.00 bits per heavy atom. The average molecular weight is 463 g/mol. The maximum absolute atomic E-state index is 13.2. The van der Waals surface area contributed by atoms with Crippen molar-refractivity contribution >= 4 is 39.2 Å². The summed E-state index contributed by atoms with van der Waals surface area (Å²) in [4.78, 5) is 49.2. The highest BCUT2D eigenvalue weighted by molar-refractivity contribution is 7.16. The van der Waals surface area contributed by atoms with Gasteiger partial charge in [0, 0.05) is 12.1 Å². The van der Waals surface area contributed by atoms with Gasteiger partial charge in [0.25, 0.3) is 5.69 Å². The molecule has 0 unspecified atom stereocenters. The number of ether oxygens (including phenoxy) is 2. The monoisotopic (exact) mass is 462 g/mol. The molecule has 1 heterocycles. The first-order valence-electron chi connectivity index (χ1n) is 11.1. The minimum atomic E-state index is -1.57. The molecule has 2 saturated carbocycles. The van der Waals surface area contributed by atoms with Crippen molar-refractivity contribution < 1.29 is 24.0 Å². The van der Waals surface area contributed by atoms with Crippen LogP contribution >= 0.6 is 11.3 Å². The number of rotatable bonds is 6. The van der Waals surface area contributed by atoms with Crippen molar-refractivity contribution in [3.05, 3.63) is 38.0 Å². The summed E-state index contributed by atoms with van der Waals surface area (Å²) in [7, 11) is 0. The number of benzene rings is 1. The predicted molar refractivity (Wildman–Crippen MR) is 118 cm³/mol. The van der Waals surface area contributed by atoms with Crippen LogP contribution in [-0.2, 0) is 19.1 Å². The first-order valence-corrected chi connectivity index (χ1v) is 12.0. The van der Waals surface area contributed by atoms with Gasteiger partial charge in [0.2, 0.25) is 6.04 Å². The molecule has 0 N–H and O–H groups in total.